The van der Waals surface area contributed by atoms with Crippen molar-refractivity contribution in [3.63, 3.8) is 0 Å². The summed E-state index contributed by atoms with van der Waals surface area (Å²) in [7, 11) is 1.64. The number of carbonyl (C=O) groups excluding carboxylic acids is 1. The third-order valence-electron chi connectivity index (χ3n) is 4.62. The van der Waals surface area contributed by atoms with Gasteiger partial charge in [-0.15, -0.1) is 0 Å². The van der Waals surface area contributed by atoms with Gasteiger partial charge in [-0.3, -0.25) is 4.79 Å². The van der Waals surface area contributed by atoms with Gasteiger partial charge in [0.15, 0.2) is 0 Å². The summed E-state index contributed by atoms with van der Waals surface area (Å²) in [6, 6.07) is 7.43. The number of nitrogens with one attached hydrogen (secondary N) is 1. The Labute approximate surface area is 151 Å². The van der Waals surface area contributed by atoms with E-state index in [0.717, 1.165) is 43.5 Å². The maximum Gasteiger partial charge on any atom is 0.256 e. The van der Waals surface area contributed by atoms with E-state index in [2.05, 4.69) is 19.2 Å². The number of hydrogen-bond donors (Lipinski definition) is 1. The van der Waals surface area contributed by atoms with Crippen LogP contribution in [-0.2, 0) is 14.3 Å². The number of carbonyl (C=O) groups is 1. The van der Waals surface area contributed by atoms with Gasteiger partial charge in [0, 0.05) is 19.4 Å². The molecule has 0 saturated heterocycles. The van der Waals surface area contributed by atoms with Crippen LogP contribution < -0.4 is 10.1 Å². The SMILES string of the molecule is CCCOC1(C(=O)Nc2ccc(OCCOC)cc2)CCCC(C)C1. The van der Waals surface area contributed by atoms with Crippen molar-refractivity contribution in [3.8, 4) is 5.75 Å². The van der Waals surface area contributed by atoms with E-state index in [9.17, 15) is 4.79 Å². The second-order valence-electron chi connectivity index (χ2n) is 6.86. The molecule has 2 rings (SSSR count). The molecule has 2 atom stereocenters. The van der Waals surface area contributed by atoms with Gasteiger partial charge >= 0.3 is 0 Å². The lowest BCUT2D eigenvalue weighted by atomic mass is 9.78. The number of rotatable bonds is 9. The third-order valence-corrected chi connectivity index (χ3v) is 4.62. The number of amides is 1. The molecule has 1 saturated carbocycles. The van der Waals surface area contributed by atoms with Crippen molar-refractivity contribution in [3.05, 3.63) is 24.3 Å². The van der Waals surface area contributed by atoms with E-state index in [1.165, 1.54) is 0 Å². The Morgan fingerprint density at radius 1 is 1.24 bits per heavy atom. The Morgan fingerprint density at radius 2 is 2.00 bits per heavy atom. The fraction of sp³-hybridized carbons (Fsp3) is 0.650. The number of benzene rings is 1. The minimum absolute atomic E-state index is 0.0273. The average Bonchev–Trinajstić information content (AvgIpc) is 2.61. The zero-order valence-electron chi connectivity index (χ0n) is 15.7. The zero-order valence-corrected chi connectivity index (χ0v) is 15.7. The van der Waals surface area contributed by atoms with E-state index < -0.39 is 5.60 Å². The number of hydrogen-bond acceptors (Lipinski definition) is 4. The Hall–Kier alpha value is -1.59. The molecule has 1 aliphatic rings. The van der Waals surface area contributed by atoms with Gasteiger partial charge < -0.3 is 19.5 Å². The topological polar surface area (TPSA) is 56.8 Å². The molecule has 1 aromatic carbocycles. The Kier molecular flexibility index (Phi) is 7.72. The van der Waals surface area contributed by atoms with E-state index in [0.29, 0.717) is 25.7 Å². The van der Waals surface area contributed by atoms with Crippen molar-refractivity contribution < 1.29 is 19.0 Å². The molecular weight excluding hydrogens is 318 g/mol. The van der Waals surface area contributed by atoms with Gasteiger partial charge in [-0.1, -0.05) is 20.3 Å². The van der Waals surface area contributed by atoms with E-state index in [-0.39, 0.29) is 5.91 Å². The Balaban J connectivity index is 1.99. The molecule has 1 N–H and O–H groups in total. The molecule has 25 heavy (non-hydrogen) atoms. The molecule has 5 heteroatoms. The number of methoxy groups -OCH3 is 1. The van der Waals surface area contributed by atoms with Crippen molar-refractivity contribution in [1.29, 1.82) is 0 Å². The van der Waals surface area contributed by atoms with Crippen LogP contribution >= 0.6 is 0 Å². The monoisotopic (exact) mass is 349 g/mol. The first-order chi connectivity index (χ1) is 12.1. The van der Waals surface area contributed by atoms with Crippen molar-refractivity contribution in [2.24, 2.45) is 5.92 Å². The summed E-state index contributed by atoms with van der Waals surface area (Å²) in [6.45, 7) is 5.94. The van der Waals surface area contributed by atoms with Crippen LogP contribution in [0.2, 0.25) is 0 Å². The summed E-state index contributed by atoms with van der Waals surface area (Å²) in [5.74, 6) is 1.24. The minimum atomic E-state index is -0.693. The van der Waals surface area contributed by atoms with Crippen LogP contribution in [0.5, 0.6) is 5.75 Å². The van der Waals surface area contributed by atoms with Crippen LogP contribution in [0.25, 0.3) is 0 Å². The highest BCUT2D eigenvalue weighted by atomic mass is 16.5. The normalized spacial score (nSPS) is 23.2. The van der Waals surface area contributed by atoms with E-state index >= 15 is 0 Å². The quantitative estimate of drug-likeness (QED) is 0.684. The van der Waals surface area contributed by atoms with E-state index in [1.54, 1.807) is 7.11 Å². The minimum Gasteiger partial charge on any atom is -0.491 e. The van der Waals surface area contributed by atoms with Gasteiger partial charge in [0.1, 0.15) is 18.0 Å². The van der Waals surface area contributed by atoms with Gasteiger partial charge in [0.2, 0.25) is 0 Å². The van der Waals surface area contributed by atoms with E-state index in [4.69, 9.17) is 14.2 Å². The fourth-order valence-electron chi connectivity index (χ4n) is 3.33. The standard InChI is InChI=1S/C20H31NO4/c1-4-12-25-20(11-5-6-16(2)15-20)19(22)21-17-7-9-18(10-8-17)24-14-13-23-3/h7-10,16H,4-6,11-15H2,1-3H3,(H,21,22). The van der Waals surface area contributed by atoms with Crippen molar-refractivity contribution in [2.45, 2.75) is 51.6 Å². The highest BCUT2D eigenvalue weighted by Gasteiger charge is 2.42. The third kappa shape index (κ3) is 5.72. The van der Waals surface area contributed by atoms with Gasteiger partial charge in [0.25, 0.3) is 5.91 Å². The average molecular weight is 349 g/mol. The van der Waals surface area contributed by atoms with Crippen molar-refractivity contribution in [2.75, 3.05) is 32.2 Å². The second kappa shape index (κ2) is 9.78. The highest BCUT2D eigenvalue weighted by molar-refractivity contribution is 5.97. The number of anilines is 1. The highest BCUT2D eigenvalue weighted by Crippen LogP contribution is 2.36. The lowest BCUT2D eigenvalue weighted by Gasteiger charge is -2.38. The van der Waals surface area contributed by atoms with Crippen LogP contribution in [0.15, 0.2) is 24.3 Å². The molecule has 140 valence electrons. The molecule has 0 spiro atoms. The lowest BCUT2D eigenvalue weighted by Crippen LogP contribution is -2.48. The molecule has 0 bridgehead atoms. The molecular formula is C20H31NO4. The zero-order chi connectivity index (χ0) is 18.1. The summed E-state index contributed by atoms with van der Waals surface area (Å²) in [6.07, 6.45) is 4.69. The first-order valence-corrected chi connectivity index (χ1v) is 9.27. The van der Waals surface area contributed by atoms with Crippen LogP contribution in [0.1, 0.15) is 46.0 Å². The smallest absolute Gasteiger partial charge is 0.256 e. The first-order valence-electron chi connectivity index (χ1n) is 9.27. The molecule has 5 nitrogen and oxygen atoms in total. The largest absolute Gasteiger partial charge is 0.491 e. The summed E-state index contributed by atoms with van der Waals surface area (Å²) in [4.78, 5) is 13.0. The summed E-state index contributed by atoms with van der Waals surface area (Å²) < 4.78 is 16.6. The maximum absolute atomic E-state index is 13.0. The summed E-state index contributed by atoms with van der Waals surface area (Å²) in [5.41, 5.74) is 0.0724. The van der Waals surface area contributed by atoms with Gasteiger partial charge in [-0.25, -0.2) is 0 Å². The molecule has 1 aliphatic carbocycles. The molecule has 2 unspecified atom stereocenters. The Bertz CT molecular complexity index is 531. The second-order valence-corrected chi connectivity index (χ2v) is 6.86. The molecule has 0 aromatic heterocycles. The van der Waals surface area contributed by atoms with Crippen molar-refractivity contribution in [1.82, 2.24) is 0 Å². The summed E-state index contributed by atoms with van der Waals surface area (Å²) in [5, 5.41) is 3.03. The van der Waals surface area contributed by atoms with Gasteiger partial charge in [-0.05, 0) is 55.9 Å². The number of ether oxygens (including phenoxy) is 3. The van der Waals surface area contributed by atoms with E-state index in [1.807, 2.05) is 24.3 Å². The molecule has 0 heterocycles. The predicted molar refractivity (Wildman–Crippen MR) is 99.0 cm³/mol. The van der Waals surface area contributed by atoms with Crippen LogP contribution in [0, 0.1) is 5.92 Å². The summed E-state index contributed by atoms with van der Waals surface area (Å²) >= 11 is 0. The predicted octanol–water partition coefficient (Wildman–Crippen LogP) is 4.03. The van der Waals surface area contributed by atoms with Crippen LogP contribution in [0.3, 0.4) is 0 Å². The lowest BCUT2D eigenvalue weighted by molar-refractivity contribution is -0.148. The molecule has 0 aliphatic heterocycles. The first kappa shape index (κ1) is 19.7. The molecule has 1 aromatic rings. The van der Waals surface area contributed by atoms with Crippen LogP contribution in [0.4, 0.5) is 5.69 Å². The van der Waals surface area contributed by atoms with Crippen molar-refractivity contribution >= 4 is 11.6 Å². The maximum atomic E-state index is 13.0. The Morgan fingerprint density at radius 3 is 2.64 bits per heavy atom. The molecule has 0 radical (unpaired) electrons. The van der Waals surface area contributed by atoms with Gasteiger partial charge in [-0.2, -0.15) is 0 Å². The van der Waals surface area contributed by atoms with Gasteiger partial charge in [0.05, 0.1) is 6.61 Å². The molecule has 1 amide bonds. The fourth-order valence-corrected chi connectivity index (χ4v) is 3.33. The van der Waals surface area contributed by atoms with Crippen LogP contribution in [-0.4, -0.2) is 38.4 Å². The molecule has 1 fully saturated rings.